The summed E-state index contributed by atoms with van der Waals surface area (Å²) in [5, 5.41) is 5.70. The molecule has 4 amide bonds. The fraction of sp³-hybridized carbons (Fsp3) is 0.571. The van der Waals surface area contributed by atoms with Gasteiger partial charge in [-0.05, 0) is 56.2 Å². The molecule has 1 unspecified atom stereocenters. The average molecular weight is 401 g/mol. The quantitative estimate of drug-likeness (QED) is 0.752. The number of rotatable bonds is 4. The fourth-order valence-corrected chi connectivity index (χ4v) is 4.21. The molecule has 1 saturated carbocycles. The van der Waals surface area contributed by atoms with Crippen LogP contribution in [0.4, 0.5) is 4.79 Å². The van der Waals surface area contributed by atoms with E-state index < -0.39 is 17.5 Å². The maximum Gasteiger partial charge on any atom is 0.325 e. The van der Waals surface area contributed by atoms with E-state index in [1.165, 1.54) is 0 Å². The number of hydrogen-bond acceptors (Lipinski definition) is 5. The van der Waals surface area contributed by atoms with Crippen LogP contribution in [0.5, 0.6) is 11.5 Å². The first kappa shape index (κ1) is 19.5. The largest absolute Gasteiger partial charge is 0.486 e. The van der Waals surface area contributed by atoms with Crippen molar-refractivity contribution in [2.45, 2.75) is 51.1 Å². The van der Waals surface area contributed by atoms with E-state index in [9.17, 15) is 14.4 Å². The van der Waals surface area contributed by atoms with Crippen LogP contribution in [0.2, 0.25) is 0 Å². The fourth-order valence-electron chi connectivity index (χ4n) is 4.21. The molecule has 0 spiro atoms. The van der Waals surface area contributed by atoms with E-state index in [-0.39, 0.29) is 18.5 Å². The summed E-state index contributed by atoms with van der Waals surface area (Å²) in [5.41, 5.74) is -0.669. The third kappa shape index (κ3) is 3.75. The minimum atomic E-state index is -1.26. The highest BCUT2D eigenvalue weighted by Gasteiger charge is 2.50. The molecule has 1 aromatic rings. The SMILES string of the molecule is CC1CCC(NC(=O)CN2C(=O)NC(C)(c3ccc4c(c3)OCCO4)C2=O)CC1. The van der Waals surface area contributed by atoms with Gasteiger partial charge in [-0.15, -0.1) is 0 Å². The molecule has 2 N–H and O–H groups in total. The van der Waals surface area contributed by atoms with Crippen LogP contribution in [0.25, 0.3) is 0 Å². The molecular formula is C21H27N3O5. The van der Waals surface area contributed by atoms with Gasteiger partial charge in [-0.3, -0.25) is 14.5 Å². The molecule has 1 atom stereocenters. The molecule has 8 heteroatoms. The van der Waals surface area contributed by atoms with E-state index in [1.807, 2.05) is 0 Å². The number of benzene rings is 1. The Morgan fingerprint density at radius 1 is 1.17 bits per heavy atom. The number of nitrogens with one attached hydrogen (secondary N) is 2. The average Bonchev–Trinajstić information content (AvgIpc) is 2.93. The van der Waals surface area contributed by atoms with Crippen LogP contribution in [0.15, 0.2) is 18.2 Å². The van der Waals surface area contributed by atoms with Crippen molar-refractivity contribution < 1.29 is 23.9 Å². The number of carbonyl (C=O) groups excluding carboxylic acids is 3. The molecule has 29 heavy (non-hydrogen) atoms. The summed E-state index contributed by atoms with van der Waals surface area (Å²) in [6.45, 7) is 4.47. The molecule has 8 nitrogen and oxygen atoms in total. The second-order valence-electron chi connectivity index (χ2n) is 8.33. The Labute approximate surface area is 169 Å². The van der Waals surface area contributed by atoms with Crippen molar-refractivity contribution in [3.8, 4) is 11.5 Å². The van der Waals surface area contributed by atoms with Gasteiger partial charge in [0.05, 0.1) is 0 Å². The first-order valence-electron chi connectivity index (χ1n) is 10.2. The number of amides is 4. The lowest BCUT2D eigenvalue weighted by Gasteiger charge is -2.27. The van der Waals surface area contributed by atoms with Gasteiger partial charge in [-0.2, -0.15) is 0 Å². The Balaban J connectivity index is 1.44. The summed E-state index contributed by atoms with van der Waals surface area (Å²) in [7, 11) is 0. The number of fused-ring (bicyclic) bond motifs is 1. The van der Waals surface area contributed by atoms with E-state index in [2.05, 4.69) is 17.6 Å². The van der Waals surface area contributed by atoms with E-state index in [0.29, 0.717) is 36.2 Å². The Bertz CT molecular complexity index is 834. The van der Waals surface area contributed by atoms with Crippen molar-refractivity contribution in [1.29, 1.82) is 0 Å². The maximum atomic E-state index is 13.1. The third-order valence-corrected chi connectivity index (χ3v) is 6.08. The topological polar surface area (TPSA) is 97.0 Å². The molecule has 2 aliphatic heterocycles. The Morgan fingerprint density at radius 2 is 1.86 bits per heavy atom. The van der Waals surface area contributed by atoms with Crippen LogP contribution >= 0.6 is 0 Å². The third-order valence-electron chi connectivity index (χ3n) is 6.08. The van der Waals surface area contributed by atoms with Crippen molar-refractivity contribution in [3.05, 3.63) is 23.8 Å². The zero-order valence-corrected chi connectivity index (χ0v) is 16.8. The number of ether oxygens (including phenoxy) is 2. The summed E-state index contributed by atoms with van der Waals surface area (Å²) in [6, 6.07) is 4.72. The summed E-state index contributed by atoms with van der Waals surface area (Å²) in [6.07, 6.45) is 4.02. The lowest BCUT2D eigenvalue weighted by Crippen LogP contribution is -2.46. The van der Waals surface area contributed by atoms with E-state index in [1.54, 1.807) is 25.1 Å². The van der Waals surface area contributed by atoms with Crippen molar-refractivity contribution in [1.82, 2.24) is 15.5 Å². The summed E-state index contributed by atoms with van der Waals surface area (Å²) in [4.78, 5) is 39.0. The normalized spacial score (nSPS) is 28.8. The van der Waals surface area contributed by atoms with Crippen molar-refractivity contribution in [3.63, 3.8) is 0 Å². The van der Waals surface area contributed by atoms with Gasteiger partial charge in [0, 0.05) is 6.04 Å². The van der Waals surface area contributed by atoms with E-state index in [0.717, 1.165) is 30.6 Å². The Kier molecular flexibility index (Phi) is 5.10. The van der Waals surface area contributed by atoms with Gasteiger partial charge in [0.1, 0.15) is 25.3 Å². The van der Waals surface area contributed by atoms with Crippen LogP contribution in [-0.4, -0.2) is 48.5 Å². The van der Waals surface area contributed by atoms with Crippen LogP contribution < -0.4 is 20.1 Å². The van der Waals surface area contributed by atoms with E-state index >= 15 is 0 Å². The van der Waals surface area contributed by atoms with E-state index in [4.69, 9.17) is 9.47 Å². The standard InChI is InChI=1S/C21H27N3O5/c1-13-3-6-15(7-4-13)22-18(25)12-24-19(26)21(2,23-20(24)27)14-5-8-16-17(11-14)29-10-9-28-16/h5,8,11,13,15H,3-4,6-7,9-10,12H2,1-2H3,(H,22,25)(H,23,27). The molecule has 0 bridgehead atoms. The van der Waals surface area contributed by atoms with Crippen molar-refractivity contribution in [2.75, 3.05) is 19.8 Å². The zero-order valence-electron chi connectivity index (χ0n) is 16.8. The monoisotopic (exact) mass is 401 g/mol. The number of hydrogen-bond donors (Lipinski definition) is 2. The molecule has 1 aromatic carbocycles. The number of carbonyl (C=O) groups is 3. The molecule has 3 aliphatic rings. The minimum Gasteiger partial charge on any atom is -0.486 e. The molecule has 2 heterocycles. The highest BCUT2D eigenvalue weighted by atomic mass is 16.6. The molecule has 0 radical (unpaired) electrons. The highest BCUT2D eigenvalue weighted by molar-refractivity contribution is 6.09. The molecule has 0 aromatic heterocycles. The zero-order chi connectivity index (χ0) is 20.6. The van der Waals surface area contributed by atoms with Gasteiger partial charge in [0.15, 0.2) is 11.5 Å². The van der Waals surface area contributed by atoms with Gasteiger partial charge in [-0.1, -0.05) is 13.0 Å². The Morgan fingerprint density at radius 3 is 2.59 bits per heavy atom. The number of nitrogens with zero attached hydrogens (tertiary/aromatic N) is 1. The van der Waals surface area contributed by atoms with Crippen LogP contribution in [-0.2, 0) is 15.1 Å². The molecule has 2 fully saturated rings. The second kappa shape index (κ2) is 7.57. The lowest BCUT2D eigenvalue weighted by atomic mass is 9.87. The van der Waals surface area contributed by atoms with Gasteiger partial charge in [0.2, 0.25) is 5.91 Å². The highest BCUT2D eigenvalue weighted by Crippen LogP contribution is 2.36. The summed E-state index contributed by atoms with van der Waals surface area (Å²) < 4.78 is 11.1. The molecule has 1 aliphatic carbocycles. The second-order valence-corrected chi connectivity index (χ2v) is 8.33. The molecule has 156 valence electrons. The van der Waals surface area contributed by atoms with Crippen LogP contribution in [0.3, 0.4) is 0 Å². The van der Waals surface area contributed by atoms with Crippen LogP contribution in [0.1, 0.15) is 45.1 Å². The molecule has 1 saturated heterocycles. The number of imide groups is 1. The summed E-state index contributed by atoms with van der Waals surface area (Å²) in [5.74, 6) is 1.07. The van der Waals surface area contributed by atoms with Gasteiger partial charge >= 0.3 is 6.03 Å². The first-order valence-corrected chi connectivity index (χ1v) is 10.2. The van der Waals surface area contributed by atoms with Crippen molar-refractivity contribution >= 4 is 17.8 Å². The Hall–Kier alpha value is -2.77. The van der Waals surface area contributed by atoms with Crippen LogP contribution in [0, 0.1) is 5.92 Å². The first-order chi connectivity index (χ1) is 13.9. The van der Waals surface area contributed by atoms with Gasteiger partial charge < -0.3 is 20.1 Å². The minimum absolute atomic E-state index is 0.114. The molecule has 4 rings (SSSR count). The summed E-state index contributed by atoms with van der Waals surface area (Å²) >= 11 is 0. The predicted octanol–water partition coefficient (Wildman–Crippen LogP) is 1.92. The maximum absolute atomic E-state index is 13.1. The molecular weight excluding hydrogens is 374 g/mol. The number of urea groups is 1. The van der Waals surface area contributed by atoms with Gasteiger partial charge in [0.25, 0.3) is 5.91 Å². The smallest absolute Gasteiger partial charge is 0.325 e. The lowest BCUT2D eigenvalue weighted by molar-refractivity contribution is -0.135. The van der Waals surface area contributed by atoms with Gasteiger partial charge in [-0.25, -0.2) is 4.79 Å². The predicted molar refractivity (Wildman–Crippen MR) is 105 cm³/mol. The van der Waals surface area contributed by atoms with Crippen molar-refractivity contribution in [2.24, 2.45) is 5.92 Å².